The Morgan fingerprint density at radius 2 is 0.900 bits per heavy atom. The summed E-state index contributed by atoms with van der Waals surface area (Å²) < 4.78 is 22.4. The normalized spacial score (nSPS) is 12.9. The molecule has 0 saturated carbocycles. The zero-order valence-corrected chi connectivity index (χ0v) is 33.4. The zero-order chi connectivity index (χ0) is 37.6. The Kier molecular flexibility index (Phi) is 21.6. The van der Waals surface area contributed by atoms with Gasteiger partial charge in [0.05, 0.1) is 14.2 Å². The van der Waals surface area contributed by atoms with E-state index in [9.17, 15) is 9.59 Å². The van der Waals surface area contributed by atoms with Crippen LogP contribution >= 0.6 is 0 Å². The third kappa shape index (κ3) is 17.2. The maximum Gasteiger partial charge on any atom is 0.311 e. The highest BCUT2D eigenvalue weighted by Gasteiger charge is 2.28. The Hall–Kier alpha value is -3.80. The summed E-state index contributed by atoms with van der Waals surface area (Å²) in [5.74, 6) is 0.144. The molecular weight excluding hydrogens is 624 g/mol. The molecule has 0 aliphatic carbocycles. The molecule has 1 rings (SSSR count). The smallest absolute Gasteiger partial charge is 0.311 e. The van der Waals surface area contributed by atoms with Crippen molar-refractivity contribution in [3.63, 3.8) is 0 Å². The molecule has 6 nitrogen and oxygen atoms in total. The number of rotatable bonds is 22. The number of methoxy groups -OCH3 is 2. The molecule has 0 saturated heterocycles. The molecular formula is C44H66O6. The van der Waals surface area contributed by atoms with Gasteiger partial charge in [-0.3, -0.25) is 9.59 Å². The Morgan fingerprint density at radius 1 is 0.520 bits per heavy atom. The minimum absolute atomic E-state index is 0.210. The van der Waals surface area contributed by atoms with E-state index in [1.165, 1.54) is 54.6 Å². The fourth-order valence-electron chi connectivity index (χ4n) is 5.56. The van der Waals surface area contributed by atoms with E-state index in [1.54, 1.807) is 6.92 Å². The second-order valence-corrected chi connectivity index (χ2v) is 13.7. The number of carbonyl (C=O) groups excluding carboxylic acids is 2. The monoisotopic (exact) mass is 690 g/mol. The fourth-order valence-corrected chi connectivity index (χ4v) is 5.56. The van der Waals surface area contributed by atoms with Crippen LogP contribution in [0.1, 0.15) is 144 Å². The predicted molar refractivity (Wildman–Crippen MR) is 210 cm³/mol. The highest BCUT2D eigenvalue weighted by molar-refractivity contribution is 5.79. The lowest BCUT2D eigenvalue weighted by atomic mass is 9.99. The first-order valence-electron chi connectivity index (χ1n) is 18.3. The molecule has 0 atom stereocenters. The van der Waals surface area contributed by atoms with Gasteiger partial charge in [0.2, 0.25) is 11.5 Å². The van der Waals surface area contributed by atoms with Crippen LogP contribution in [0, 0.1) is 6.92 Å². The summed E-state index contributed by atoms with van der Waals surface area (Å²) in [6.07, 6.45) is 25.5. The van der Waals surface area contributed by atoms with Crippen molar-refractivity contribution >= 4 is 11.9 Å². The van der Waals surface area contributed by atoms with Gasteiger partial charge < -0.3 is 18.9 Å². The highest BCUT2D eigenvalue weighted by Crippen LogP contribution is 2.50. The highest BCUT2D eigenvalue weighted by atomic mass is 16.6. The first-order chi connectivity index (χ1) is 23.7. The van der Waals surface area contributed by atoms with Crippen molar-refractivity contribution in [3.8, 4) is 23.0 Å². The lowest BCUT2D eigenvalue weighted by Crippen LogP contribution is -2.12. The summed E-state index contributed by atoms with van der Waals surface area (Å²) in [7, 11) is 2.93. The molecule has 0 bridgehead atoms. The number of hydrogen-bond donors (Lipinski definition) is 0. The van der Waals surface area contributed by atoms with Gasteiger partial charge in [0.1, 0.15) is 0 Å². The fraction of sp³-hybridized carbons (Fsp3) is 0.545. The van der Waals surface area contributed by atoms with E-state index in [4.69, 9.17) is 18.9 Å². The largest absolute Gasteiger partial charge is 0.490 e. The second kappa shape index (κ2) is 24.4. The van der Waals surface area contributed by atoms with Gasteiger partial charge in [-0.2, -0.15) is 0 Å². The molecule has 1 aromatic carbocycles. The minimum Gasteiger partial charge on any atom is -0.490 e. The summed E-state index contributed by atoms with van der Waals surface area (Å²) in [5, 5.41) is 0. The summed E-state index contributed by atoms with van der Waals surface area (Å²) in [6.45, 7) is 20.3. The third-order valence-corrected chi connectivity index (χ3v) is 8.72. The van der Waals surface area contributed by atoms with E-state index < -0.39 is 11.9 Å². The lowest BCUT2D eigenvalue weighted by Gasteiger charge is -2.21. The molecule has 278 valence electrons. The van der Waals surface area contributed by atoms with E-state index >= 15 is 0 Å². The van der Waals surface area contributed by atoms with Crippen molar-refractivity contribution in [1.82, 2.24) is 0 Å². The lowest BCUT2D eigenvalue weighted by molar-refractivity contribution is -0.134. The van der Waals surface area contributed by atoms with Gasteiger partial charge in [0.25, 0.3) is 0 Å². The average Bonchev–Trinajstić information content (AvgIpc) is 3.04. The van der Waals surface area contributed by atoms with E-state index in [-0.39, 0.29) is 29.4 Å². The third-order valence-electron chi connectivity index (χ3n) is 8.72. The molecule has 0 aromatic heterocycles. The van der Waals surface area contributed by atoms with Crippen LogP contribution in [0.2, 0.25) is 0 Å². The number of benzene rings is 1. The molecule has 0 unspecified atom stereocenters. The van der Waals surface area contributed by atoms with Crippen molar-refractivity contribution in [2.24, 2.45) is 0 Å². The van der Waals surface area contributed by atoms with Crippen molar-refractivity contribution in [1.29, 1.82) is 0 Å². The maximum absolute atomic E-state index is 12.2. The number of hydrogen-bond acceptors (Lipinski definition) is 6. The van der Waals surface area contributed by atoms with Crippen molar-refractivity contribution in [3.05, 3.63) is 81.0 Å². The topological polar surface area (TPSA) is 71.1 Å². The SMILES string of the molecule is CCC(=O)Oc1c(C)c(C/C=C(\C)CC/C=C(\C)CC/C=C(\C)CC/C=C(\C)CC/C=C(\C)CCC=C(C)C)c(OC(C)=O)c(OC)c1OC. The van der Waals surface area contributed by atoms with Gasteiger partial charge in [-0.15, -0.1) is 0 Å². The van der Waals surface area contributed by atoms with Crippen LogP contribution < -0.4 is 18.9 Å². The Bertz CT molecular complexity index is 1440. The Labute approximate surface area is 304 Å². The Balaban J connectivity index is 2.72. The van der Waals surface area contributed by atoms with Crippen LogP contribution in [0.25, 0.3) is 0 Å². The summed E-state index contributed by atoms with van der Waals surface area (Å²) in [4.78, 5) is 24.3. The van der Waals surface area contributed by atoms with Gasteiger partial charge in [-0.25, -0.2) is 0 Å². The molecule has 0 fully saturated rings. The average molecular weight is 691 g/mol. The molecule has 0 aliphatic rings. The van der Waals surface area contributed by atoms with Gasteiger partial charge in [-0.05, 0) is 126 Å². The van der Waals surface area contributed by atoms with E-state index in [1.807, 2.05) is 6.92 Å². The number of allylic oxidation sites excluding steroid dienone is 12. The summed E-state index contributed by atoms with van der Waals surface area (Å²) in [6, 6.07) is 0. The minimum atomic E-state index is -0.474. The Morgan fingerprint density at radius 3 is 1.26 bits per heavy atom. The van der Waals surface area contributed by atoms with E-state index in [0.29, 0.717) is 17.5 Å². The van der Waals surface area contributed by atoms with Crippen LogP contribution in [0.5, 0.6) is 23.0 Å². The van der Waals surface area contributed by atoms with Gasteiger partial charge in [-0.1, -0.05) is 76.8 Å². The van der Waals surface area contributed by atoms with Gasteiger partial charge in [0.15, 0.2) is 11.5 Å². The summed E-state index contributed by atoms with van der Waals surface area (Å²) >= 11 is 0. The first kappa shape index (κ1) is 44.2. The molecule has 1 aromatic rings. The zero-order valence-electron chi connectivity index (χ0n) is 33.4. The molecule has 0 spiro atoms. The molecule has 0 N–H and O–H groups in total. The molecule has 6 heteroatoms. The molecule has 0 radical (unpaired) electrons. The van der Waals surface area contributed by atoms with Crippen LogP contribution in [-0.2, 0) is 16.0 Å². The van der Waals surface area contributed by atoms with Crippen molar-refractivity contribution in [2.45, 2.75) is 146 Å². The summed E-state index contributed by atoms with van der Waals surface area (Å²) in [5.41, 5.74) is 9.84. The van der Waals surface area contributed by atoms with Crippen molar-refractivity contribution in [2.75, 3.05) is 14.2 Å². The molecule has 0 amide bonds. The maximum atomic E-state index is 12.2. The molecule has 0 heterocycles. The van der Waals surface area contributed by atoms with Crippen molar-refractivity contribution < 1.29 is 28.5 Å². The molecule has 0 aliphatic heterocycles. The van der Waals surface area contributed by atoms with Gasteiger partial charge >= 0.3 is 11.9 Å². The number of esters is 2. The van der Waals surface area contributed by atoms with E-state index in [2.05, 4.69) is 84.9 Å². The van der Waals surface area contributed by atoms with Crippen LogP contribution in [0.3, 0.4) is 0 Å². The van der Waals surface area contributed by atoms with Gasteiger partial charge in [0, 0.05) is 24.5 Å². The number of ether oxygens (including phenoxy) is 4. The predicted octanol–water partition coefficient (Wildman–Crippen LogP) is 12.4. The number of carbonyl (C=O) groups is 2. The molecule has 50 heavy (non-hydrogen) atoms. The van der Waals surface area contributed by atoms with Crippen LogP contribution in [0.4, 0.5) is 0 Å². The van der Waals surface area contributed by atoms with Crippen LogP contribution in [-0.4, -0.2) is 26.2 Å². The standard InChI is InChI=1S/C44H66O6/c1-13-40(46)50-41-37(9)39(42(49-38(10)45)44(48-12)43(41)47-11)30-29-36(8)28-18-27-35(7)26-17-25-34(6)24-16-23-33(5)22-15-21-32(4)20-14-19-31(2)3/h19,21,23,25,27,29H,13-18,20,22,24,26,28,30H2,1-12H3/b32-21+,33-23+,34-25+,35-27+,36-29+. The van der Waals surface area contributed by atoms with E-state index in [0.717, 1.165) is 64.2 Å². The second-order valence-electron chi connectivity index (χ2n) is 13.7. The first-order valence-corrected chi connectivity index (χ1v) is 18.3. The van der Waals surface area contributed by atoms with Crippen LogP contribution in [0.15, 0.2) is 69.9 Å². The quantitative estimate of drug-likeness (QED) is 0.0685.